The molecule has 2 aromatic heterocycles. The summed E-state index contributed by atoms with van der Waals surface area (Å²) in [6, 6.07) is 4.18. The summed E-state index contributed by atoms with van der Waals surface area (Å²) in [5, 5.41) is 1.29. The van der Waals surface area contributed by atoms with E-state index in [0.717, 1.165) is 36.2 Å². The van der Waals surface area contributed by atoms with Gasteiger partial charge in [0.15, 0.2) is 0 Å². The lowest BCUT2D eigenvalue weighted by Gasteiger charge is -2.11. The van der Waals surface area contributed by atoms with Crippen molar-refractivity contribution < 1.29 is 0 Å². The number of nitrogens with zero attached hydrogens (tertiary/aromatic N) is 2. The Balaban J connectivity index is 2.15. The Bertz CT molecular complexity index is 532. The third-order valence-corrected chi connectivity index (χ3v) is 3.75. The summed E-state index contributed by atoms with van der Waals surface area (Å²) < 4.78 is 0.897. The van der Waals surface area contributed by atoms with Crippen LogP contribution in [0.5, 0.6) is 0 Å². The van der Waals surface area contributed by atoms with Crippen LogP contribution >= 0.6 is 15.9 Å². The Kier molecular flexibility index (Phi) is 2.48. The molecular weight excluding hydrogens is 266 g/mol. The Morgan fingerprint density at radius 1 is 1.31 bits per heavy atom. The number of H-pyrrole nitrogens is 1. The van der Waals surface area contributed by atoms with Crippen molar-refractivity contribution in [1.29, 1.82) is 0 Å². The summed E-state index contributed by atoms with van der Waals surface area (Å²) in [5.41, 5.74) is 3.84. The Morgan fingerprint density at radius 2 is 2.12 bits per heavy atom. The van der Waals surface area contributed by atoms with E-state index in [9.17, 15) is 0 Å². The second-order valence-electron chi connectivity index (χ2n) is 4.42. The first-order valence-electron chi connectivity index (χ1n) is 5.58. The Morgan fingerprint density at radius 3 is 3.00 bits per heavy atom. The standard InChI is InChI=1S/C12H14BrN3/c1-16-6-4-8-9-2-3-11(13)15-12(9)14-10(8)5-7-16/h2-3H,4-7H2,1H3,(H,14,15). The maximum absolute atomic E-state index is 4.48. The fraction of sp³-hybridized carbons (Fsp3) is 0.417. The number of hydrogen-bond acceptors (Lipinski definition) is 2. The molecule has 2 aromatic rings. The minimum absolute atomic E-state index is 0.897. The summed E-state index contributed by atoms with van der Waals surface area (Å²) in [7, 11) is 2.18. The predicted molar refractivity (Wildman–Crippen MR) is 68.7 cm³/mol. The number of hydrogen-bond donors (Lipinski definition) is 1. The van der Waals surface area contributed by atoms with E-state index in [2.05, 4.69) is 43.9 Å². The average Bonchev–Trinajstić information content (AvgIpc) is 2.50. The first kappa shape index (κ1) is 10.3. The molecule has 0 saturated carbocycles. The van der Waals surface area contributed by atoms with Crippen LogP contribution in [0.15, 0.2) is 16.7 Å². The molecule has 16 heavy (non-hydrogen) atoms. The second kappa shape index (κ2) is 3.86. The third-order valence-electron chi connectivity index (χ3n) is 3.31. The quantitative estimate of drug-likeness (QED) is 0.751. The number of pyridine rings is 1. The minimum Gasteiger partial charge on any atom is -0.343 e. The molecule has 0 aromatic carbocycles. The molecule has 0 radical (unpaired) electrons. The van der Waals surface area contributed by atoms with Crippen LogP contribution in [0.1, 0.15) is 11.3 Å². The number of likely N-dealkylation sites (N-methyl/N-ethyl adjacent to an activating group) is 1. The molecule has 0 aliphatic carbocycles. The lowest BCUT2D eigenvalue weighted by atomic mass is 10.1. The molecule has 3 rings (SSSR count). The first-order chi connectivity index (χ1) is 7.74. The summed E-state index contributed by atoms with van der Waals surface area (Å²) in [6.07, 6.45) is 2.22. The molecule has 3 heterocycles. The van der Waals surface area contributed by atoms with Crippen LogP contribution in [0, 0.1) is 0 Å². The highest BCUT2D eigenvalue weighted by molar-refractivity contribution is 9.10. The molecule has 1 aliphatic heterocycles. The van der Waals surface area contributed by atoms with Gasteiger partial charge >= 0.3 is 0 Å². The van der Waals surface area contributed by atoms with Gasteiger partial charge in [-0.15, -0.1) is 0 Å². The highest BCUT2D eigenvalue weighted by atomic mass is 79.9. The summed E-state index contributed by atoms with van der Waals surface area (Å²) in [6.45, 7) is 2.26. The highest BCUT2D eigenvalue weighted by Crippen LogP contribution is 2.25. The Hall–Kier alpha value is -0.870. The van der Waals surface area contributed by atoms with E-state index in [1.165, 1.54) is 16.6 Å². The highest BCUT2D eigenvalue weighted by Gasteiger charge is 2.16. The first-order valence-corrected chi connectivity index (χ1v) is 6.38. The molecule has 4 heteroatoms. The maximum Gasteiger partial charge on any atom is 0.139 e. The molecular formula is C12H14BrN3. The smallest absolute Gasteiger partial charge is 0.139 e. The van der Waals surface area contributed by atoms with Crippen LogP contribution in [0.25, 0.3) is 11.0 Å². The van der Waals surface area contributed by atoms with Gasteiger partial charge in [-0.05, 0) is 47.1 Å². The van der Waals surface area contributed by atoms with Gasteiger partial charge in [-0.1, -0.05) is 0 Å². The topological polar surface area (TPSA) is 31.9 Å². The maximum atomic E-state index is 4.48. The van der Waals surface area contributed by atoms with Gasteiger partial charge in [-0.25, -0.2) is 4.98 Å². The molecule has 84 valence electrons. The normalized spacial score (nSPS) is 17.4. The molecule has 3 nitrogen and oxygen atoms in total. The number of aromatic nitrogens is 2. The molecule has 1 N–H and O–H groups in total. The van der Waals surface area contributed by atoms with Crippen LogP contribution in [-0.2, 0) is 12.8 Å². The van der Waals surface area contributed by atoms with Gasteiger partial charge in [0.1, 0.15) is 10.3 Å². The average molecular weight is 280 g/mol. The van der Waals surface area contributed by atoms with Crippen molar-refractivity contribution in [2.75, 3.05) is 20.1 Å². The molecule has 0 atom stereocenters. The van der Waals surface area contributed by atoms with Gasteiger partial charge in [0.05, 0.1) is 0 Å². The number of rotatable bonds is 0. The van der Waals surface area contributed by atoms with E-state index < -0.39 is 0 Å². The fourth-order valence-electron chi connectivity index (χ4n) is 2.37. The van der Waals surface area contributed by atoms with E-state index in [1.807, 2.05) is 6.07 Å². The fourth-order valence-corrected chi connectivity index (χ4v) is 2.68. The van der Waals surface area contributed by atoms with Crippen LogP contribution in [0.3, 0.4) is 0 Å². The third kappa shape index (κ3) is 1.66. The predicted octanol–water partition coefficient (Wildman–Crippen LogP) is 2.36. The molecule has 0 fully saturated rings. The molecule has 0 unspecified atom stereocenters. The minimum atomic E-state index is 0.897. The van der Waals surface area contributed by atoms with Crippen molar-refractivity contribution in [2.24, 2.45) is 0 Å². The van der Waals surface area contributed by atoms with Gasteiger partial charge in [0.25, 0.3) is 0 Å². The van der Waals surface area contributed by atoms with E-state index in [4.69, 9.17) is 0 Å². The summed E-state index contributed by atoms with van der Waals surface area (Å²) >= 11 is 3.41. The van der Waals surface area contributed by atoms with E-state index in [0.29, 0.717) is 0 Å². The zero-order chi connectivity index (χ0) is 11.1. The summed E-state index contributed by atoms with van der Waals surface area (Å²) in [4.78, 5) is 10.3. The molecule has 0 bridgehead atoms. The number of nitrogens with one attached hydrogen (secondary N) is 1. The largest absolute Gasteiger partial charge is 0.343 e. The van der Waals surface area contributed by atoms with Crippen molar-refractivity contribution in [3.05, 3.63) is 28.0 Å². The second-order valence-corrected chi connectivity index (χ2v) is 5.23. The molecule has 0 spiro atoms. The van der Waals surface area contributed by atoms with Crippen molar-refractivity contribution in [1.82, 2.24) is 14.9 Å². The van der Waals surface area contributed by atoms with Crippen LogP contribution in [0.4, 0.5) is 0 Å². The van der Waals surface area contributed by atoms with Crippen LogP contribution in [-0.4, -0.2) is 35.0 Å². The van der Waals surface area contributed by atoms with Gasteiger partial charge in [-0.3, -0.25) is 0 Å². The van der Waals surface area contributed by atoms with Gasteiger partial charge in [0.2, 0.25) is 0 Å². The Labute approximate surface area is 103 Å². The zero-order valence-corrected chi connectivity index (χ0v) is 10.8. The van der Waals surface area contributed by atoms with Crippen molar-refractivity contribution in [3.8, 4) is 0 Å². The zero-order valence-electron chi connectivity index (χ0n) is 9.26. The molecule has 1 aliphatic rings. The van der Waals surface area contributed by atoms with Gasteiger partial charge in [-0.2, -0.15) is 0 Å². The van der Waals surface area contributed by atoms with E-state index in [-0.39, 0.29) is 0 Å². The van der Waals surface area contributed by atoms with E-state index in [1.54, 1.807) is 0 Å². The van der Waals surface area contributed by atoms with Crippen molar-refractivity contribution in [2.45, 2.75) is 12.8 Å². The molecule has 0 saturated heterocycles. The van der Waals surface area contributed by atoms with Crippen molar-refractivity contribution >= 4 is 27.0 Å². The van der Waals surface area contributed by atoms with Gasteiger partial charge < -0.3 is 9.88 Å². The van der Waals surface area contributed by atoms with Crippen LogP contribution < -0.4 is 0 Å². The monoisotopic (exact) mass is 279 g/mol. The lowest BCUT2D eigenvalue weighted by molar-refractivity contribution is 0.352. The molecule has 0 amide bonds. The SMILES string of the molecule is CN1CCc2[nH]c3nc(Br)ccc3c2CC1. The van der Waals surface area contributed by atoms with Crippen molar-refractivity contribution in [3.63, 3.8) is 0 Å². The summed E-state index contributed by atoms with van der Waals surface area (Å²) in [5.74, 6) is 0. The lowest BCUT2D eigenvalue weighted by Crippen LogP contribution is -2.21. The van der Waals surface area contributed by atoms with Gasteiger partial charge in [0, 0.05) is 30.6 Å². The number of halogens is 1. The number of aromatic amines is 1. The van der Waals surface area contributed by atoms with Crippen LogP contribution in [0.2, 0.25) is 0 Å². The number of fused-ring (bicyclic) bond motifs is 3. The van der Waals surface area contributed by atoms with E-state index >= 15 is 0 Å².